The molecule has 6 aromatic heterocycles. The van der Waals surface area contributed by atoms with E-state index in [0.717, 1.165) is 82.4 Å². The molecule has 2 unspecified atom stereocenters. The number of nitrogens with two attached hydrogens (primary N) is 3. The standard InChI is InChI=1S/3C20H17N5O/c3*1-11-2-3-23-9-16(11)12-4-13-7-19(24-10-17(13)18(22)6-12)25-20(26)15-5-14(15)8-21/h3*2-4,6-7,9-10,14-15H,5,22H2,1H3,(H,24,25,26)/t2*14-,15+;/m10./s1. The number of aryl methyl sites for hydroxylation is 3. The highest BCUT2D eigenvalue weighted by Crippen LogP contribution is 2.41. The number of benzene rings is 3. The first kappa shape index (κ1) is 51.1. The smallest absolute Gasteiger partial charge is 0.230 e. The zero-order valence-electron chi connectivity index (χ0n) is 42.7. The molecule has 3 saturated carbocycles. The number of rotatable bonds is 9. The van der Waals surface area contributed by atoms with Crippen LogP contribution in [0.15, 0.2) is 129 Å². The summed E-state index contributed by atoms with van der Waals surface area (Å²) in [6, 6.07) is 29.4. The number of carbonyl (C=O) groups is 3. The third-order valence-electron chi connectivity index (χ3n) is 14.3. The summed E-state index contributed by atoms with van der Waals surface area (Å²) < 4.78 is 0. The van der Waals surface area contributed by atoms with Gasteiger partial charge >= 0.3 is 0 Å². The van der Waals surface area contributed by atoms with Crippen molar-refractivity contribution in [1.82, 2.24) is 29.9 Å². The second-order valence-corrected chi connectivity index (χ2v) is 19.8. The highest BCUT2D eigenvalue weighted by Gasteiger charge is 2.45. The van der Waals surface area contributed by atoms with Gasteiger partial charge < -0.3 is 33.2 Å². The second kappa shape index (κ2) is 21.5. The van der Waals surface area contributed by atoms with Gasteiger partial charge in [-0.15, -0.1) is 0 Å². The van der Waals surface area contributed by atoms with E-state index in [4.69, 9.17) is 33.0 Å². The SMILES string of the molecule is Cc1ccncc1-c1cc(N)c2cnc(NC(=O)C3CC3C#N)cc2c1.Cc1ccncc1-c1cc(N)c2cnc(NC(=O)[C@@H]3C[C@H]3C#N)cc2c1.Cc1ccncc1-c1cc(N)c2cnc(NC(=O)[C@H]3C[C@@H]3C#N)cc2c1. The van der Waals surface area contributed by atoms with Crippen LogP contribution in [0.5, 0.6) is 0 Å². The van der Waals surface area contributed by atoms with E-state index < -0.39 is 0 Å². The van der Waals surface area contributed by atoms with Crippen LogP contribution in [0, 0.1) is 90.3 Å². The third-order valence-corrected chi connectivity index (χ3v) is 14.3. The van der Waals surface area contributed by atoms with Crippen molar-refractivity contribution in [3.8, 4) is 51.6 Å². The van der Waals surface area contributed by atoms with E-state index in [0.29, 0.717) is 53.8 Å². The Hall–Kier alpha value is -10.4. The Kier molecular flexibility index (Phi) is 14.1. The van der Waals surface area contributed by atoms with Crippen molar-refractivity contribution in [2.45, 2.75) is 40.0 Å². The van der Waals surface area contributed by atoms with Crippen molar-refractivity contribution < 1.29 is 14.4 Å². The van der Waals surface area contributed by atoms with Crippen molar-refractivity contribution in [3.05, 3.63) is 145 Å². The summed E-state index contributed by atoms with van der Waals surface area (Å²) in [4.78, 5) is 61.9. The molecule has 6 atom stereocenters. The summed E-state index contributed by atoms with van der Waals surface area (Å²) in [7, 11) is 0. The molecule has 0 spiro atoms. The summed E-state index contributed by atoms with van der Waals surface area (Å²) >= 11 is 0. The number of aromatic nitrogens is 6. The molecule has 0 saturated heterocycles. The summed E-state index contributed by atoms with van der Waals surface area (Å²) in [6.45, 7) is 6.07. The van der Waals surface area contributed by atoms with E-state index in [-0.39, 0.29) is 53.2 Å². The Morgan fingerprint density at radius 1 is 0.449 bits per heavy atom. The van der Waals surface area contributed by atoms with Crippen molar-refractivity contribution >= 4 is 84.6 Å². The lowest BCUT2D eigenvalue weighted by Gasteiger charge is -2.11. The topological polar surface area (TPSA) is 314 Å². The van der Waals surface area contributed by atoms with E-state index in [1.54, 1.807) is 37.2 Å². The molecule has 0 radical (unpaired) electrons. The van der Waals surface area contributed by atoms with Crippen LogP contribution >= 0.6 is 0 Å². The molecule has 3 amide bonds. The molecular weight excluding hydrogens is 979 g/mol. The van der Waals surface area contributed by atoms with Crippen molar-refractivity contribution in [2.75, 3.05) is 33.2 Å². The third kappa shape index (κ3) is 11.0. The molecule has 384 valence electrons. The largest absolute Gasteiger partial charge is 0.398 e. The Balaban J connectivity index is 0.000000132. The van der Waals surface area contributed by atoms with Crippen LogP contribution in [0.25, 0.3) is 65.7 Å². The molecule has 0 bridgehead atoms. The average Bonchev–Trinajstić information content (AvgIpc) is 4.41. The fraction of sp³-hybridized carbons (Fsp3) is 0.200. The van der Waals surface area contributed by atoms with E-state index in [1.165, 1.54) is 0 Å². The number of nitrogens with one attached hydrogen (secondary N) is 3. The Bertz CT molecular complexity index is 3620. The van der Waals surface area contributed by atoms with Gasteiger partial charge in [-0.2, -0.15) is 15.8 Å². The molecule has 12 rings (SSSR count). The monoisotopic (exact) mass is 1030 g/mol. The zero-order chi connectivity index (χ0) is 54.8. The highest BCUT2D eigenvalue weighted by molar-refractivity contribution is 6.03. The molecule has 3 aliphatic carbocycles. The molecule has 3 aromatic carbocycles. The first-order valence-electron chi connectivity index (χ1n) is 25.1. The lowest BCUT2D eigenvalue weighted by molar-refractivity contribution is -0.118. The molecule has 18 nitrogen and oxygen atoms in total. The molecular formula is C60H51N15O3. The predicted molar refractivity (Wildman–Crippen MR) is 300 cm³/mol. The molecule has 3 aliphatic rings. The van der Waals surface area contributed by atoms with Crippen LogP contribution < -0.4 is 33.2 Å². The molecule has 9 N–H and O–H groups in total. The van der Waals surface area contributed by atoms with Gasteiger partial charge in [0, 0.05) is 106 Å². The van der Waals surface area contributed by atoms with Crippen LogP contribution in [-0.2, 0) is 14.4 Å². The molecule has 78 heavy (non-hydrogen) atoms. The number of pyridine rings is 6. The van der Waals surface area contributed by atoms with Crippen LogP contribution in [0.2, 0.25) is 0 Å². The fourth-order valence-electron chi connectivity index (χ4n) is 9.37. The number of fused-ring (bicyclic) bond motifs is 3. The van der Waals surface area contributed by atoms with Gasteiger partial charge in [0.2, 0.25) is 17.7 Å². The van der Waals surface area contributed by atoms with Gasteiger partial charge in [0.15, 0.2) is 0 Å². The van der Waals surface area contributed by atoms with Gasteiger partial charge in [0.1, 0.15) is 17.5 Å². The van der Waals surface area contributed by atoms with Crippen molar-refractivity contribution in [1.29, 1.82) is 15.8 Å². The number of nitriles is 3. The van der Waals surface area contributed by atoms with E-state index in [9.17, 15) is 14.4 Å². The molecule has 18 heteroatoms. The second-order valence-electron chi connectivity index (χ2n) is 19.8. The maximum atomic E-state index is 12.1. The molecule has 6 heterocycles. The van der Waals surface area contributed by atoms with Crippen LogP contribution in [0.1, 0.15) is 36.0 Å². The predicted octanol–water partition coefficient (Wildman–Crippen LogP) is 9.86. The van der Waals surface area contributed by atoms with Gasteiger partial charge in [-0.05, 0) is 162 Å². The van der Waals surface area contributed by atoms with Crippen LogP contribution in [-0.4, -0.2) is 47.6 Å². The fourth-order valence-corrected chi connectivity index (χ4v) is 9.37. The summed E-state index contributed by atoms with van der Waals surface area (Å²) in [5, 5.41) is 40.1. The lowest BCUT2D eigenvalue weighted by Crippen LogP contribution is -2.15. The van der Waals surface area contributed by atoms with Crippen LogP contribution in [0.4, 0.5) is 34.5 Å². The van der Waals surface area contributed by atoms with E-state index in [1.807, 2.05) is 112 Å². The Morgan fingerprint density at radius 2 is 0.731 bits per heavy atom. The number of nitrogens with zero attached hydrogens (tertiary/aromatic N) is 9. The minimum atomic E-state index is -0.230. The summed E-state index contributed by atoms with van der Waals surface area (Å²) in [6.07, 6.45) is 17.6. The van der Waals surface area contributed by atoms with Crippen molar-refractivity contribution in [3.63, 3.8) is 0 Å². The molecule has 3 fully saturated rings. The first-order valence-corrected chi connectivity index (χ1v) is 25.1. The number of hydrogen-bond donors (Lipinski definition) is 6. The number of carbonyl (C=O) groups excluding carboxylic acids is 3. The van der Waals surface area contributed by atoms with Gasteiger partial charge in [-0.1, -0.05) is 0 Å². The zero-order valence-corrected chi connectivity index (χ0v) is 42.7. The quantitative estimate of drug-likeness (QED) is 0.0733. The molecule has 0 aliphatic heterocycles. The average molecular weight is 1030 g/mol. The van der Waals surface area contributed by atoms with E-state index >= 15 is 0 Å². The van der Waals surface area contributed by atoms with Crippen molar-refractivity contribution in [2.24, 2.45) is 35.5 Å². The van der Waals surface area contributed by atoms with Gasteiger partial charge in [-0.25, -0.2) is 15.0 Å². The minimum absolute atomic E-state index is 0.157. The number of nitrogen functional groups attached to an aromatic ring is 3. The Labute approximate surface area is 448 Å². The maximum absolute atomic E-state index is 12.1. The lowest BCUT2D eigenvalue weighted by atomic mass is 9.99. The first-order chi connectivity index (χ1) is 37.7. The number of anilines is 6. The molecule has 9 aromatic rings. The number of amides is 3. The van der Waals surface area contributed by atoms with Gasteiger partial charge in [0.05, 0.1) is 53.7 Å². The minimum Gasteiger partial charge on any atom is -0.398 e. The Morgan fingerprint density at radius 3 is 0.974 bits per heavy atom. The van der Waals surface area contributed by atoms with Gasteiger partial charge in [0.25, 0.3) is 0 Å². The normalized spacial score (nSPS) is 18.3. The van der Waals surface area contributed by atoms with Gasteiger partial charge in [-0.3, -0.25) is 29.3 Å². The summed E-state index contributed by atoms with van der Waals surface area (Å²) in [5.41, 5.74) is 29.8. The number of hydrogen-bond acceptors (Lipinski definition) is 15. The summed E-state index contributed by atoms with van der Waals surface area (Å²) in [5.74, 6) is -0.293. The highest BCUT2D eigenvalue weighted by atomic mass is 16.2. The maximum Gasteiger partial charge on any atom is 0.230 e. The van der Waals surface area contributed by atoms with Crippen LogP contribution in [0.3, 0.4) is 0 Å². The van der Waals surface area contributed by atoms with E-state index in [2.05, 4.69) is 64.1 Å².